The topological polar surface area (TPSA) is 62.8 Å². The maximum Gasteiger partial charge on any atom is 0.319 e. The highest BCUT2D eigenvalue weighted by Gasteiger charge is 2.33. The lowest BCUT2D eigenvalue weighted by Gasteiger charge is -2.21. The predicted molar refractivity (Wildman–Crippen MR) is 112 cm³/mol. The number of nitrogens with zero attached hydrogens (tertiary/aromatic N) is 1. The molecule has 0 saturated carbocycles. The number of likely N-dealkylation sites (tertiary alicyclic amines) is 1. The molecular formula is C20H23Cl2N3O3. The third-order valence-electron chi connectivity index (χ3n) is 4.83. The number of halogens is 2. The minimum absolute atomic E-state index is 0.0501. The molecule has 1 saturated heterocycles. The SMILES string of the molecule is COc1ccc([C@@H]2CN(C)C[C@H]2NC(=O)Nc2ccc(Cl)c(Cl)c2)cc1OC. The maximum absolute atomic E-state index is 12.5. The van der Waals surface area contributed by atoms with Crippen LogP contribution in [0.4, 0.5) is 10.5 Å². The largest absolute Gasteiger partial charge is 0.493 e. The molecule has 1 heterocycles. The van der Waals surface area contributed by atoms with Gasteiger partial charge in [-0.05, 0) is 42.9 Å². The third kappa shape index (κ3) is 4.63. The summed E-state index contributed by atoms with van der Waals surface area (Å²) in [6, 6.07) is 10.5. The first kappa shape index (κ1) is 20.6. The molecule has 2 atom stereocenters. The van der Waals surface area contributed by atoms with E-state index in [0.29, 0.717) is 27.2 Å². The van der Waals surface area contributed by atoms with Crippen LogP contribution in [0.3, 0.4) is 0 Å². The fourth-order valence-electron chi connectivity index (χ4n) is 3.48. The highest BCUT2D eigenvalue weighted by molar-refractivity contribution is 6.42. The number of urea groups is 1. The third-order valence-corrected chi connectivity index (χ3v) is 5.57. The van der Waals surface area contributed by atoms with Crippen LogP contribution in [0.15, 0.2) is 36.4 Å². The molecule has 0 aliphatic carbocycles. The second kappa shape index (κ2) is 8.90. The lowest BCUT2D eigenvalue weighted by molar-refractivity contribution is 0.247. The molecule has 2 amide bonds. The number of rotatable bonds is 5. The van der Waals surface area contributed by atoms with Crippen LogP contribution in [0.5, 0.6) is 11.5 Å². The summed E-state index contributed by atoms with van der Waals surface area (Å²) in [5, 5.41) is 6.71. The molecule has 0 spiro atoms. The Hall–Kier alpha value is -2.15. The van der Waals surface area contributed by atoms with Gasteiger partial charge in [0, 0.05) is 24.7 Å². The number of ether oxygens (including phenoxy) is 2. The number of carbonyl (C=O) groups is 1. The summed E-state index contributed by atoms with van der Waals surface area (Å²) in [5.74, 6) is 1.48. The van der Waals surface area contributed by atoms with Gasteiger partial charge in [0.15, 0.2) is 11.5 Å². The number of amides is 2. The average molecular weight is 424 g/mol. The maximum atomic E-state index is 12.5. The van der Waals surface area contributed by atoms with Crippen molar-refractivity contribution in [3.05, 3.63) is 52.0 Å². The van der Waals surface area contributed by atoms with Crippen molar-refractivity contribution >= 4 is 34.9 Å². The second-order valence-corrected chi connectivity index (χ2v) is 7.59. The number of nitrogens with one attached hydrogen (secondary N) is 2. The average Bonchev–Trinajstić information content (AvgIpc) is 3.04. The molecular weight excluding hydrogens is 401 g/mol. The smallest absolute Gasteiger partial charge is 0.319 e. The minimum atomic E-state index is -0.288. The van der Waals surface area contributed by atoms with E-state index in [0.717, 1.165) is 18.7 Å². The zero-order valence-corrected chi connectivity index (χ0v) is 17.5. The van der Waals surface area contributed by atoms with Gasteiger partial charge in [-0.15, -0.1) is 0 Å². The van der Waals surface area contributed by atoms with Gasteiger partial charge in [-0.3, -0.25) is 0 Å². The molecule has 2 aromatic rings. The van der Waals surface area contributed by atoms with Crippen LogP contribution in [-0.4, -0.2) is 51.3 Å². The van der Waals surface area contributed by atoms with Crippen molar-refractivity contribution in [1.82, 2.24) is 10.2 Å². The Morgan fingerprint density at radius 2 is 1.79 bits per heavy atom. The van der Waals surface area contributed by atoms with E-state index in [1.165, 1.54) is 0 Å². The first-order chi connectivity index (χ1) is 13.4. The van der Waals surface area contributed by atoms with Gasteiger partial charge in [0.2, 0.25) is 0 Å². The number of hydrogen-bond acceptors (Lipinski definition) is 4. The Balaban J connectivity index is 1.73. The molecule has 28 heavy (non-hydrogen) atoms. The van der Waals surface area contributed by atoms with Gasteiger partial charge < -0.3 is 25.0 Å². The van der Waals surface area contributed by atoms with E-state index in [1.54, 1.807) is 32.4 Å². The molecule has 0 aromatic heterocycles. The van der Waals surface area contributed by atoms with Crippen molar-refractivity contribution in [2.75, 3.05) is 39.7 Å². The standard InChI is InChI=1S/C20H23Cl2N3O3/c1-25-10-14(12-4-7-18(27-2)19(8-12)28-3)17(11-25)24-20(26)23-13-5-6-15(21)16(22)9-13/h4-9,14,17H,10-11H2,1-3H3,(H2,23,24,26)/t14-,17+/m0/s1. The minimum Gasteiger partial charge on any atom is -0.493 e. The zero-order valence-electron chi connectivity index (χ0n) is 16.0. The normalized spacial score (nSPS) is 19.3. The highest BCUT2D eigenvalue weighted by atomic mass is 35.5. The number of anilines is 1. The van der Waals surface area contributed by atoms with Gasteiger partial charge in [-0.2, -0.15) is 0 Å². The summed E-state index contributed by atoms with van der Waals surface area (Å²) >= 11 is 11.9. The first-order valence-corrected chi connectivity index (χ1v) is 9.60. The van der Waals surface area contributed by atoms with Crippen molar-refractivity contribution in [2.45, 2.75) is 12.0 Å². The van der Waals surface area contributed by atoms with Crippen LogP contribution in [-0.2, 0) is 0 Å². The van der Waals surface area contributed by atoms with Crippen molar-refractivity contribution in [2.24, 2.45) is 0 Å². The van der Waals surface area contributed by atoms with E-state index in [-0.39, 0.29) is 18.0 Å². The Morgan fingerprint density at radius 3 is 2.46 bits per heavy atom. The summed E-state index contributed by atoms with van der Waals surface area (Å²) < 4.78 is 10.7. The molecule has 1 fully saturated rings. The molecule has 1 aliphatic rings. The molecule has 0 unspecified atom stereocenters. The zero-order chi connectivity index (χ0) is 20.3. The van der Waals surface area contributed by atoms with Crippen LogP contribution in [0.1, 0.15) is 11.5 Å². The second-order valence-electron chi connectivity index (χ2n) is 6.78. The number of benzene rings is 2. The highest BCUT2D eigenvalue weighted by Crippen LogP contribution is 2.34. The Bertz CT molecular complexity index is 863. The Labute approximate surface area is 174 Å². The monoisotopic (exact) mass is 423 g/mol. The summed E-state index contributed by atoms with van der Waals surface area (Å²) in [6.45, 7) is 1.57. The van der Waals surface area contributed by atoms with Crippen LogP contribution in [0.25, 0.3) is 0 Å². The molecule has 2 aromatic carbocycles. The molecule has 0 bridgehead atoms. The quantitative estimate of drug-likeness (QED) is 0.754. The van der Waals surface area contributed by atoms with E-state index in [9.17, 15) is 4.79 Å². The molecule has 3 rings (SSSR count). The Morgan fingerprint density at radius 1 is 1.04 bits per heavy atom. The lowest BCUT2D eigenvalue weighted by Crippen LogP contribution is -2.42. The van der Waals surface area contributed by atoms with E-state index in [4.69, 9.17) is 32.7 Å². The van der Waals surface area contributed by atoms with Crippen LogP contribution >= 0.6 is 23.2 Å². The molecule has 1 aliphatic heterocycles. The number of hydrogen-bond donors (Lipinski definition) is 2. The summed E-state index contributed by atoms with van der Waals surface area (Å²) in [5.41, 5.74) is 1.67. The van der Waals surface area contributed by atoms with Gasteiger partial charge in [0.25, 0.3) is 0 Å². The first-order valence-electron chi connectivity index (χ1n) is 8.84. The summed E-state index contributed by atoms with van der Waals surface area (Å²) in [4.78, 5) is 14.7. The van der Waals surface area contributed by atoms with Crippen LogP contribution in [0.2, 0.25) is 10.0 Å². The molecule has 2 N–H and O–H groups in total. The molecule has 8 heteroatoms. The van der Waals surface area contributed by atoms with E-state index in [2.05, 4.69) is 15.5 Å². The van der Waals surface area contributed by atoms with Crippen molar-refractivity contribution in [3.63, 3.8) is 0 Å². The number of methoxy groups -OCH3 is 2. The van der Waals surface area contributed by atoms with Gasteiger partial charge >= 0.3 is 6.03 Å². The number of likely N-dealkylation sites (N-methyl/N-ethyl adjacent to an activating group) is 1. The lowest BCUT2D eigenvalue weighted by atomic mass is 9.94. The fraction of sp³-hybridized carbons (Fsp3) is 0.350. The van der Waals surface area contributed by atoms with Gasteiger partial charge in [0.05, 0.1) is 30.3 Å². The van der Waals surface area contributed by atoms with E-state index < -0.39 is 0 Å². The van der Waals surface area contributed by atoms with Gasteiger partial charge in [-0.1, -0.05) is 29.3 Å². The summed E-state index contributed by atoms with van der Waals surface area (Å²) in [7, 11) is 5.26. The van der Waals surface area contributed by atoms with E-state index in [1.807, 2.05) is 25.2 Å². The fourth-order valence-corrected chi connectivity index (χ4v) is 3.78. The summed E-state index contributed by atoms with van der Waals surface area (Å²) in [6.07, 6.45) is 0. The van der Waals surface area contributed by atoms with Gasteiger partial charge in [0.1, 0.15) is 0 Å². The van der Waals surface area contributed by atoms with Crippen LogP contribution in [0, 0.1) is 0 Å². The molecule has 150 valence electrons. The Kier molecular flexibility index (Phi) is 6.54. The molecule has 6 nitrogen and oxygen atoms in total. The number of carbonyl (C=O) groups excluding carboxylic acids is 1. The molecule has 0 radical (unpaired) electrons. The van der Waals surface area contributed by atoms with Crippen LogP contribution < -0.4 is 20.1 Å². The van der Waals surface area contributed by atoms with Crippen molar-refractivity contribution in [1.29, 1.82) is 0 Å². The predicted octanol–water partition coefficient (Wildman–Crippen LogP) is 4.23. The van der Waals surface area contributed by atoms with Crippen molar-refractivity contribution < 1.29 is 14.3 Å². The van der Waals surface area contributed by atoms with Crippen molar-refractivity contribution in [3.8, 4) is 11.5 Å². The van der Waals surface area contributed by atoms with E-state index >= 15 is 0 Å². The van der Waals surface area contributed by atoms with Gasteiger partial charge in [-0.25, -0.2) is 4.79 Å².